The monoisotopic (exact) mass is 418 g/mol. The average molecular weight is 419 g/mol. The first-order valence-corrected chi connectivity index (χ1v) is 10.5. The summed E-state index contributed by atoms with van der Waals surface area (Å²) in [5, 5.41) is 2.74. The molecule has 156 valence electrons. The number of nitrogens with zero attached hydrogens (tertiary/aromatic N) is 2. The van der Waals surface area contributed by atoms with E-state index in [1.807, 2.05) is 29.6 Å². The average Bonchev–Trinajstić information content (AvgIpc) is 3.20. The van der Waals surface area contributed by atoms with Gasteiger partial charge < -0.3 is 14.4 Å². The van der Waals surface area contributed by atoms with E-state index < -0.39 is 5.91 Å². The number of carbonyl (C=O) groups excluding carboxylic acids is 2. The number of aromatic nitrogens is 1. The Morgan fingerprint density at radius 2 is 1.86 bits per heavy atom. The highest BCUT2D eigenvalue weighted by atomic mass is 32.1. The molecule has 1 aliphatic rings. The Labute approximate surface area is 174 Å². The number of hydrazine groups is 1. The lowest BCUT2D eigenvalue weighted by molar-refractivity contribution is -0.129. The van der Waals surface area contributed by atoms with Crippen molar-refractivity contribution in [1.82, 2.24) is 15.8 Å². The number of amides is 2. The number of hydrogen-bond acceptors (Lipinski definition) is 7. The van der Waals surface area contributed by atoms with Gasteiger partial charge in [0.1, 0.15) is 5.75 Å². The largest absolute Gasteiger partial charge is 0.484 e. The van der Waals surface area contributed by atoms with Gasteiger partial charge in [-0.25, -0.2) is 4.98 Å². The fourth-order valence-electron chi connectivity index (χ4n) is 2.76. The van der Waals surface area contributed by atoms with E-state index in [-0.39, 0.29) is 18.9 Å². The predicted molar refractivity (Wildman–Crippen MR) is 111 cm³/mol. The maximum absolute atomic E-state index is 12.0. The van der Waals surface area contributed by atoms with E-state index in [0.29, 0.717) is 30.6 Å². The third-order valence-corrected chi connectivity index (χ3v) is 5.37. The van der Waals surface area contributed by atoms with Gasteiger partial charge in [-0.1, -0.05) is 26.0 Å². The molecule has 1 aromatic heterocycles. The Kier molecular flexibility index (Phi) is 7.42. The lowest BCUT2D eigenvalue weighted by atomic mass is 10.0. The molecule has 2 heterocycles. The Morgan fingerprint density at radius 3 is 2.55 bits per heavy atom. The van der Waals surface area contributed by atoms with Gasteiger partial charge in [0.25, 0.3) is 5.91 Å². The van der Waals surface area contributed by atoms with Crippen molar-refractivity contribution in [2.75, 3.05) is 37.8 Å². The van der Waals surface area contributed by atoms with E-state index in [1.54, 1.807) is 0 Å². The number of thiazole rings is 1. The van der Waals surface area contributed by atoms with E-state index in [1.165, 1.54) is 16.9 Å². The van der Waals surface area contributed by atoms with Crippen LogP contribution in [0.4, 0.5) is 5.13 Å². The molecule has 2 N–H and O–H groups in total. The van der Waals surface area contributed by atoms with Crippen LogP contribution in [0.5, 0.6) is 5.75 Å². The van der Waals surface area contributed by atoms with Crippen molar-refractivity contribution in [3.63, 3.8) is 0 Å². The van der Waals surface area contributed by atoms with Crippen LogP contribution in [0, 0.1) is 0 Å². The molecular weight excluding hydrogens is 392 g/mol. The quantitative estimate of drug-likeness (QED) is 0.667. The number of hydrogen-bond donors (Lipinski definition) is 2. The van der Waals surface area contributed by atoms with Crippen LogP contribution >= 0.6 is 11.3 Å². The summed E-state index contributed by atoms with van der Waals surface area (Å²) in [5.74, 6) is 0.274. The fraction of sp³-hybridized carbons (Fsp3) is 0.450. The predicted octanol–water partition coefficient (Wildman–Crippen LogP) is 1.87. The van der Waals surface area contributed by atoms with Gasteiger partial charge in [0.05, 0.1) is 25.3 Å². The second kappa shape index (κ2) is 10.2. The first-order chi connectivity index (χ1) is 14.0. The van der Waals surface area contributed by atoms with Crippen molar-refractivity contribution in [2.45, 2.75) is 26.2 Å². The van der Waals surface area contributed by atoms with E-state index in [4.69, 9.17) is 9.47 Å². The molecule has 0 spiro atoms. The Morgan fingerprint density at radius 1 is 1.17 bits per heavy atom. The normalized spacial score (nSPS) is 14.0. The maximum Gasteiger partial charge on any atom is 0.276 e. The number of ether oxygens (including phenoxy) is 2. The second-order valence-corrected chi connectivity index (χ2v) is 7.84. The van der Waals surface area contributed by atoms with Gasteiger partial charge in [0, 0.05) is 18.5 Å². The zero-order chi connectivity index (χ0) is 20.6. The minimum Gasteiger partial charge on any atom is -0.484 e. The molecule has 0 radical (unpaired) electrons. The first kappa shape index (κ1) is 21.1. The number of rotatable bonds is 7. The van der Waals surface area contributed by atoms with Crippen LogP contribution in [-0.4, -0.2) is 49.7 Å². The van der Waals surface area contributed by atoms with Crippen molar-refractivity contribution in [3.8, 4) is 5.75 Å². The lowest BCUT2D eigenvalue weighted by Crippen LogP contribution is -2.44. The zero-order valence-electron chi connectivity index (χ0n) is 16.6. The van der Waals surface area contributed by atoms with Gasteiger partial charge in [0.15, 0.2) is 11.7 Å². The summed E-state index contributed by atoms with van der Waals surface area (Å²) in [6, 6.07) is 7.60. The van der Waals surface area contributed by atoms with E-state index in [2.05, 4.69) is 34.6 Å². The lowest BCUT2D eigenvalue weighted by Gasteiger charge is -2.26. The molecule has 1 aromatic carbocycles. The summed E-state index contributed by atoms with van der Waals surface area (Å²) in [4.78, 5) is 30.5. The summed E-state index contributed by atoms with van der Waals surface area (Å²) in [6.45, 7) is 7.02. The van der Waals surface area contributed by atoms with Crippen LogP contribution in [0.3, 0.4) is 0 Å². The summed E-state index contributed by atoms with van der Waals surface area (Å²) in [5.41, 5.74) is 6.62. The van der Waals surface area contributed by atoms with E-state index in [9.17, 15) is 9.59 Å². The Bertz CT molecular complexity index is 816. The molecule has 0 aliphatic carbocycles. The number of morpholine rings is 1. The smallest absolute Gasteiger partial charge is 0.276 e. The minimum atomic E-state index is -0.432. The summed E-state index contributed by atoms with van der Waals surface area (Å²) in [7, 11) is 0. The second-order valence-electron chi connectivity index (χ2n) is 7.01. The molecule has 0 saturated carbocycles. The van der Waals surface area contributed by atoms with Crippen molar-refractivity contribution in [1.29, 1.82) is 0 Å². The molecular formula is C20H26N4O4S. The summed E-state index contributed by atoms with van der Waals surface area (Å²) >= 11 is 1.50. The first-order valence-electron chi connectivity index (χ1n) is 9.59. The number of nitrogens with one attached hydrogen (secondary N) is 2. The fourth-order valence-corrected chi connectivity index (χ4v) is 3.64. The van der Waals surface area contributed by atoms with E-state index >= 15 is 0 Å². The van der Waals surface area contributed by atoms with Gasteiger partial charge in [-0.2, -0.15) is 0 Å². The molecule has 0 atom stereocenters. The Balaban J connectivity index is 1.37. The third-order valence-electron chi connectivity index (χ3n) is 4.42. The van der Waals surface area contributed by atoms with E-state index in [0.717, 1.165) is 18.2 Å². The molecule has 1 aliphatic heterocycles. The van der Waals surface area contributed by atoms with Crippen molar-refractivity contribution in [2.24, 2.45) is 0 Å². The van der Waals surface area contributed by atoms with Crippen LogP contribution in [0.15, 0.2) is 29.6 Å². The highest BCUT2D eigenvalue weighted by Crippen LogP contribution is 2.21. The van der Waals surface area contributed by atoms with Crippen molar-refractivity contribution in [3.05, 3.63) is 40.9 Å². The van der Waals surface area contributed by atoms with Crippen LogP contribution < -0.4 is 20.5 Å². The van der Waals surface area contributed by atoms with Gasteiger partial charge in [0.2, 0.25) is 5.91 Å². The molecule has 29 heavy (non-hydrogen) atoms. The SMILES string of the molecule is CC(C)c1ccc(OCC(=O)NNC(=O)Cc2csc(N3CCOCC3)n2)cc1. The van der Waals surface area contributed by atoms with Gasteiger partial charge >= 0.3 is 0 Å². The molecule has 8 nitrogen and oxygen atoms in total. The minimum absolute atomic E-state index is 0.0959. The Hall–Kier alpha value is -2.65. The number of anilines is 1. The molecule has 1 fully saturated rings. The molecule has 2 aromatic rings. The van der Waals surface area contributed by atoms with Gasteiger partial charge in [-0.15, -0.1) is 11.3 Å². The molecule has 2 amide bonds. The highest BCUT2D eigenvalue weighted by Gasteiger charge is 2.16. The van der Waals surface area contributed by atoms with Crippen LogP contribution in [0.25, 0.3) is 0 Å². The topological polar surface area (TPSA) is 92.8 Å². The molecule has 3 rings (SSSR count). The number of carbonyl (C=O) groups is 2. The van der Waals surface area contributed by atoms with Crippen molar-refractivity contribution < 1.29 is 19.1 Å². The molecule has 9 heteroatoms. The highest BCUT2D eigenvalue weighted by molar-refractivity contribution is 7.13. The molecule has 0 bridgehead atoms. The van der Waals surface area contributed by atoms with Crippen LogP contribution in [0.2, 0.25) is 0 Å². The van der Waals surface area contributed by atoms with Crippen LogP contribution in [-0.2, 0) is 20.7 Å². The van der Waals surface area contributed by atoms with Crippen LogP contribution in [0.1, 0.15) is 31.0 Å². The summed E-state index contributed by atoms with van der Waals surface area (Å²) < 4.78 is 10.8. The maximum atomic E-state index is 12.0. The zero-order valence-corrected chi connectivity index (χ0v) is 17.5. The molecule has 0 unspecified atom stereocenters. The van der Waals surface area contributed by atoms with Crippen molar-refractivity contribution >= 4 is 28.3 Å². The number of benzene rings is 1. The van der Waals surface area contributed by atoms with Gasteiger partial charge in [-0.05, 0) is 23.6 Å². The van der Waals surface area contributed by atoms with Gasteiger partial charge in [-0.3, -0.25) is 20.4 Å². The standard InChI is InChI=1S/C20H26N4O4S/c1-14(2)15-3-5-17(6-4-15)28-12-19(26)23-22-18(25)11-16-13-29-20(21-16)24-7-9-27-10-8-24/h3-6,13-14H,7-12H2,1-2H3,(H,22,25)(H,23,26). The third kappa shape index (κ3) is 6.43. The molecule has 1 saturated heterocycles. The summed E-state index contributed by atoms with van der Waals surface area (Å²) in [6.07, 6.45) is 0.0959.